The average molecular weight is 252 g/mol. The third kappa shape index (κ3) is 1.66. The van der Waals surface area contributed by atoms with Crippen molar-refractivity contribution >= 4 is 11.6 Å². The van der Waals surface area contributed by atoms with Crippen molar-refractivity contribution in [2.24, 2.45) is 0 Å². The van der Waals surface area contributed by atoms with E-state index in [1.807, 2.05) is 19.1 Å². The van der Waals surface area contributed by atoms with E-state index in [0.29, 0.717) is 16.9 Å². The van der Waals surface area contributed by atoms with E-state index in [1.54, 1.807) is 31.4 Å². The summed E-state index contributed by atoms with van der Waals surface area (Å²) in [7, 11) is 1.58. The van der Waals surface area contributed by atoms with Gasteiger partial charge in [-0.2, -0.15) is 0 Å². The number of ketones is 2. The number of carbonyl (C=O) groups excluding carboxylic acids is 2. The molecule has 3 rings (SSSR count). The molecule has 2 aromatic rings. The Kier molecular flexibility index (Phi) is 2.49. The molecule has 2 aromatic carbocycles. The Balaban J connectivity index is 2.35. The Hall–Kier alpha value is -2.42. The molecule has 3 heteroatoms. The van der Waals surface area contributed by atoms with Crippen LogP contribution in [0, 0.1) is 6.92 Å². The van der Waals surface area contributed by atoms with Crippen LogP contribution in [0.3, 0.4) is 0 Å². The van der Waals surface area contributed by atoms with Gasteiger partial charge in [-0.25, -0.2) is 0 Å². The molecule has 0 unspecified atom stereocenters. The van der Waals surface area contributed by atoms with Gasteiger partial charge < -0.3 is 4.74 Å². The first-order chi connectivity index (χ1) is 9.11. The number of benzene rings is 2. The number of carbonyl (C=O) groups is 2. The lowest BCUT2D eigenvalue weighted by Gasteiger charge is -2.19. The van der Waals surface area contributed by atoms with Gasteiger partial charge in [-0.1, -0.05) is 23.8 Å². The number of fused-ring (bicyclic) bond motifs is 3. The summed E-state index contributed by atoms with van der Waals surface area (Å²) in [4.78, 5) is 24.1. The molecule has 0 bridgehead atoms. The summed E-state index contributed by atoms with van der Waals surface area (Å²) in [5, 5.41) is 0. The third-order valence-corrected chi connectivity index (χ3v) is 3.39. The molecule has 19 heavy (non-hydrogen) atoms. The Bertz CT molecular complexity index is 714. The van der Waals surface area contributed by atoms with Gasteiger partial charge in [0.2, 0.25) is 11.6 Å². The van der Waals surface area contributed by atoms with Gasteiger partial charge in [-0.05, 0) is 36.2 Å². The van der Waals surface area contributed by atoms with Crippen LogP contribution in [0.1, 0.15) is 26.3 Å². The summed E-state index contributed by atoms with van der Waals surface area (Å²) in [5.41, 5.74) is 3.54. The number of ether oxygens (including phenoxy) is 1. The van der Waals surface area contributed by atoms with Crippen LogP contribution in [0.15, 0.2) is 36.4 Å². The fraction of sp³-hybridized carbons (Fsp3) is 0.125. The highest BCUT2D eigenvalue weighted by Crippen LogP contribution is 2.36. The maximum absolute atomic E-state index is 12.1. The van der Waals surface area contributed by atoms with E-state index in [0.717, 1.165) is 16.7 Å². The van der Waals surface area contributed by atoms with Gasteiger partial charge in [-0.15, -0.1) is 0 Å². The highest BCUT2D eigenvalue weighted by molar-refractivity contribution is 6.53. The maximum atomic E-state index is 12.1. The molecule has 0 N–H and O–H groups in total. The fourth-order valence-electron chi connectivity index (χ4n) is 2.39. The number of rotatable bonds is 1. The zero-order valence-electron chi connectivity index (χ0n) is 10.7. The number of hydrogen-bond donors (Lipinski definition) is 0. The summed E-state index contributed by atoms with van der Waals surface area (Å²) < 4.78 is 5.19. The fourth-order valence-corrected chi connectivity index (χ4v) is 2.39. The second kappa shape index (κ2) is 4.05. The van der Waals surface area contributed by atoms with Gasteiger partial charge >= 0.3 is 0 Å². The normalized spacial score (nSPS) is 12.9. The molecular weight excluding hydrogens is 240 g/mol. The molecule has 3 nitrogen and oxygen atoms in total. The smallest absolute Gasteiger partial charge is 0.234 e. The Morgan fingerprint density at radius 3 is 2.00 bits per heavy atom. The lowest BCUT2D eigenvalue weighted by atomic mass is 9.83. The lowest BCUT2D eigenvalue weighted by Crippen LogP contribution is -2.21. The van der Waals surface area contributed by atoms with Crippen LogP contribution < -0.4 is 4.74 Å². The van der Waals surface area contributed by atoms with Crippen LogP contribution in [-0.4, -0.2) is 18.7 Å². The van der Waals surface area contributed by atoms with E-state index in [1.165, 1.54) is 0 Å². The molecule has 0 amide bonds. The first kappa shape index (κ1) is 11.7. The summed E-state index contributed by atoms with van der Waals surface area (Å²) in [6, 6.07) is 10.6. The quantitative estimate of drug-likeness (QED) is 0.733. The van der Waals surface area contributed by atoms with Crippen molar-refractivity contribution in [3.63, 3.8) is 0 Å². The molecule has 0 radical (unpaired) electrons. The molecule has 1 aliphatic carbocycles. The minimum Gasteiger partial charge on any atom is -0.497 e. The van der Waals surface area contributed by atoms with Gasteiger partial charge in [0.1, 0.15) is 5.75 Å². The molecule has 1 aliphatic rings. The monoisotopic (exact) mass is 252 g/mol. The van der Waals surface area contributed by atoms with Gasteiger partial charge in [0, 0.05) is 11.1 Å². The van der Waals surface area contributed by atoms with Crippen LogP contribution in [0.25, 0.3) is 11.1 Å². The number of Topliss-reactive ketones (excluding diaryl/α,β-unsaturated/α-hetero) is 2. The first-order valence-electron chi connectivity index (χ1n) is 6.00. The molecule has 94 valence electrons. The van der Waals surface area contributed by atoms with Crippen LogP contribution in [-0.2, 0) is 0 Å². The third-order valence-electron chi connectivity index (χ3n) is 3.39. The van der Waals surface area contributed by atoms with Crippen LogP contribution >= 0.6 is 0 Å². The van der Waals surface area contributed by atoms with Gasteiger partial charge in [0.25, 0.3) is 0 Å². The predicted octanol–water partition coefficient (Wildman–Crippen LogP) is 3.05. The molecular formula is C16H12O3. The summed E-state index contributed by atoms with van der Waals surface area (Å²) >= 11 is 0. The van der Waals surface area contributed by atoms with Crippen molar-refractivity contribution in [1.29, 1.82) is 0 Å². The van der Waals surface area contributed by atoms with Crippen LogP contribution in [0.4, 0.5) is 0 Å². The van der Waals surface area contributed by atoms with Gasteiger partial charge in [0.05, 0.1) is 7.11 Å². The molecule has 0 aliphatic heterocycles. The van der Waals surface area contributed by atoms with E-state index in [4.69, 9.17) is 4.74 Å². The van der Waals surface area contributed by atoms with Crippen LogP contribution in [0.2, 0.25) is 0 Å². The van der Waals surface area contributed by atoms with Gasteiger partial charge in [-0.3, -0.25) is 9.59 Å². The van der Waals surface area contributed by atoms with E-state index in [-0.39, 0.29) is 0 Å². The second-order valence-corrected chi connectivity index (χ2v) is 4.62. The number of methoxy groups -OCH3 is 1. The number of hydrogen-bond acceptors (Lipinski definition) is 3. The Morgan fingerprint density at radius 1 is 0.789 bits per heavy atom. The molecule has 0 saturated carbocycles. The van der Waals surface area contributed by atoms with Crippen molar-refractivity contribution in [2.45, 2.75) is 6.92 Å². The molecule has 0 aromatic heterocycles. The molecule has 0 saturated heterocycles. The average Bonchev–Trinajstić information content (AvgIpc) is 2.44. The lowest BCUT2D eigenvalue weighted by molar-refractivity contribution is 0.0815. The van der Waals surface area contributed by atoms with Crippen molar-refractivity contribution < 1.29 is 14.3 Å². The molecule has 0 spiro atoms. The molecule has 0 fully saturated rings. The second-order valence-electron chi connectivity index (χ2n) is 4.62. The van der Waals surface area contributed by atoms with E-state index < -0.39 is 11.6 Å². The predicted molar refractivity (Wildman–Crippen MR) is 71.8 cm³/mol. The SMILES string of the molecule is COc1ccc2c(c1)-c1cc(C)ccc1C(=O)C2=O. The van der Waals surface area contributed by atoms with E-state index in [9.17, 15) is 9.59 Å². The topological polar surface area (TPSA) is 43.4 Å². The summed E-state index contributed by atoms with van der Waals surface area (Å²) in [5.74, 6) is -0.213. The van der Waals surface area contributed by atoms with Gasteiger partial charge in [0.15, 0.2) is 0 Å². The van der Waals surface area contributed by atoms with Crippen molar-refractivity contribution in [2.75, 3.05) is 7.11 Å². The summed E-state index contributed by atoms with van der Waals surface area (Å²) in [6.07, 6.45) is 0. The van der Waals surface area contributed by atoms with Crippen LogP contribution in [0.5, 0.6) is 5.75 Å². The molecule has 0 atom stereocenters. The minimum absolute atomic E-state index is 0.437. The zero-order chi connectivity index (χ0) is 13.6. The highest BCUT2D eigenvalue weighted by Gasteiger charge is 2.30. The number of aryl methyl sites for hydroxylation is 1. The Morgan fingerprint density at radius 2 is 1.37 bits per heavy atom. The maximum Gasteiger partial charge on any atom is 0.234 e. The minimum atomic E-state index is -0.450. The highest BCUT2D eigenvalue weighted by atomic mass is 16.5. The van der Waals surface area contributed by atoms with Crippen molar-refractivity contribution in [3.05, 3.63) is 53.1 Å². The summed E-state index contributed by atoms with van der Waals surface area (Å²) in [6.45, 7) is 1.96. The molecule has 0 heterocycles. The van der Waals surface area contributed by atoms with Crippen molar-refractivity contribution in [3.8, 4) is 16.9 Å². The Labute approximate surface area is 110 Å². The zero-order valence-corrected chi connectivity index (χ0v) is 10.7. The standard InChI is InChI=1S/C16H12O3/c1-9-3-5-11-13(7-9)14-8-10(19-2)4-6-12(14)16(18)15(11)17/h3-8H,1-2H3. The van der Waals surface area contributed by atoms with E-state index in [2.05, 4.69) is 0 Å². The largest absolute Gasteiger partial charge is 0.497 e. The van der Waals surface area contributed by atoms with E-state index >= 15 is 0 Å². The van der Waals surface area contributed by atoms with Crippen molar-refractivity contribution in [1.82, 2.24) is 0 Å². The first-order valence-corrected chi connectivity index (χ1v) is 6.00.